The summed E-state index contributed by atoms with van der Waals surface area (Å²) in [6.45, 7) is 10.3. The lowest BCUT2D eigenvalue weighted by atomic mass is 10.1. The molecule has 2 N–H and O–H groups in total. The molecule has 0 bridgehead atoms. The van der Waals surface area contributed by atoms with Gasteiger partial charge in [0.15, 0.2) is 0 Å². The maximum atomic E-state index is 5.53. The largest absolute Gasteiger partial charge is 0.328 e. The van der Waals surface area contributed by atoms with E-state index in [0.717, 1.165) is 0 Å². The Bertz CT molecular complexity index is 50.7. The summed E-state index contributed by atoms with van der Waals surface area (Å²) in [5.41, 5.74) is 5.53. The Morgan fingerprint density at radius 3 is 2.10 bits per heavy atom. The Kier molecular flexibility index (Phi) is 14.2. The lowest BCUT2D eigenvalue weighted by Crippen LogP contribution is -2.13. The molecule has 0 aliphatic carbocycles. The molecule has 0 saturated carbocycles. The third kappa shape index (κ3) is 15.6. The Hall–Kier alpha value is -0.300. The zero-order valence-corrected chi connectivity index (χ0v) is 7.40. The van der Waals surface area contributed by atoms with Crippen LogP contribution in [0.25, 0.3) is 0 Å². The van der Waals surface area contributed by atoms with Crippen molar-refractivity contribution in [2.45, 2.75) is 45.6 Å². The summed E-state index contributed by atoms with van der Waals surface area (Å²) in [5, 5.41) is 0. The van der Waals surface area contributed by atoms with E-state index in [0.29, 0.717) is 6.04 Å². The highest BCUT2D eigenvalue weighted by Crippen LogP contribution is 1.99. The maximum Gasteiger partial charge on any atom is 0.00104 e. The molecule has 0 radical (unpaired) electrons. The second-order valence-electron chi connectivity index (χ2n) is 2.47. The molecule has 0 saturated heterocycles. The minimum absolute atomic E-state index is 0.404. The zero-order valence-electron chi connectivity index (χ0n) is 7.40. The number of hydrogen-bond acceptors (Lipinski definition) is 1. The molecule has 1 heteroatoms. The molecule has 0 aliphatic heterocycles. The highest BCUT2D eigenvalue weighted by Gasteiger charge is 1.90. The van der Waals surface area contributed by atoms with Crippen molar-refractivity contribution >= 4 is 0 Å². The van der Waals surface area contributed by atoms with Crippen LogP contribution in [0.2, 0.25) is 0 Å². The minimum Gasteiger partial charge on any atom is -0.328 e. The molecule has 0 aliphatic rings. The van der Waals surface area contributed by atoms with Gasteiger partial charge < -0.3 is 5.73 Å². The van der Waals surface area contributed by atoms with Crippen molar-refractivity contribution in [1.29, 1.82) is 0 Å². The highest BCUT2D eigenvalue weighted by molar-refractivity contribution is 4.51. The van der Waals surface area contributed by atoms with Crippen molar-refractivity contribution in [2.75, 3.05) is 0 Å². The summed E-state index contributed by atoms with van der Waals surface area (Å²) in [7, 11) is 0. The fourth-order valence-corrected chi connectivity index (χ4v) is 0.716. The van der Waals surface area contributed by atoms with Gasteiger partial charge in [0.05, 0.1) is 0 Å². The molecule has 0 rings (SSSR count). The summed E-state index contributed by atoms with van der Waals surface area (Å²) in [6, 6.07) is 0.404. The third-order valence-electron chi connectivity index (χ3n) is 1.26. The lowest BCUT2D eigenvalue weighted by molar-refractivity contribution is 0.592. The van der Waals surface area contributed by atoms with E-state index in [4.69, 9.17) is 5.73 Å². The van der Waals surface area contributed by atoms with E-state index in [1.165, 1.54) is 25.7 Å². The van der Waals surface area contributed by atoms with E-state index in [2.05, 4.69) is 27.0 Å². The second kappa shape index (κ2) is 11.5. The summed E-state index contributed by atoms with van der Waals surface area (Å²) in [6.07, 6.45) is 5.12. The highest BCUT2D eigenvalue weighted by atomic mass is 14.6. The molecule has 0 amide bonds. The van der Waals surface area contributed by atoms with Crippen LogP contribution in [-0.2, 0) is 0 Å². The van der Waals surface area contributed by atoms with Crippen molar-refractivity contribution in [3.8, 4) is 0 Å². The lowest BCUT2D eigenvalue weighted by Gasteiger charge is -2.01. The summed E-state index contributed by atoms with van der Waals surface area (Å²) < 4.78 is 0. The number of hydrogen-bond donors (Lipinski definition) is 1. The topological polar surface area (TPSA) is 26.0 Å². The van der Waals surface area contributed by atoms with Crippen molar-refractivity contribution in [3.63, 3.8) is 0 Å². The van der Waals surface area contributed by atoms with Gasteiger partial charge in [-0.3, -0.25) is 0 Å². The van der Waals surface area contributed by atoms with Gasteiger partial charge in [-0.15, -0.1) is 13.2 Å². The van der Waals surface area contributed by atoms with Gasteiger partial charge in [0, 0.05) is 6.04 Å². The molecule has 10 heavy (non-hydrogen) atoms. The van der Waals surface area contributed by atoms with E-state index in [1.54, 1.807) is 0 Å². The predicted molar refractivity (Wildman–Crippen MR) is 49.0 cm³/mol. The average Bonchev–Trinajstić information content (AvgIpc) is 1.92. The first kappa shape index (κ1) is 12.4. The first-order chi connectivity index (χ1) is 4.77. The summed E-state index contributed by atoms with van der Waals surface area (Å²) >= 11 is 0. The van der Waals surface area contributed by atoms with E-state index >= 15 is 0 Å². The summed E-state index contributed by atoms with van der Waals surface area (Å²) in [4.78, 5) is 0. The minimum atomic E-state index is 0.404. The van der Waals surface area contributed by atoms with Gasteiger partial charge in [-0.2, -0.15) is 0 Å². The number of nitrogens with two attached hydrogens (primary N) is 1. The first-order valence-electron chi connectivity index (χ1n) is 4.03. The molecule has 62 valence electrons. The number of rotatable bonds is 4. The smallest absolute Gasteiger partial charge is 0.00104 e. The van der Waals surface area contributed by atoms with Gasteiger partial charge in [0.25, 0.3) is 0 Å². The quantitative estimate of drug-likeness (QED) is 0.475. The van der Waals surface area contributed by atoms with Crippen LogP contribution in [0, 0.1) is 0 Å². The third-order valence-corrected chi connectivity index (χ3v) is 1.26. The monoisotopic (exact) mass is 143 g/mol. The Morgan fingerprint density at radius 1 is 1.30 bits per heavy atom. The van der Waals surface area contributed by atoms with Crippen LogP contribution in [0.3, 0.4) is 0 Å². The van der Waals surface area contributed by atoms with Gasteiger partial charge in [0.1, 0.15) is 0 Å². The summed E-state index contributed by atoms with van der Waals surface area (Å²) in [5.74, 6) is 0. The van der Waals surface area contributed by atoms with E-state index in [9.17, 15) is 0 Å². The van der Waals surface area contributed by atoms with Gasteiger partial charge in [-0.1, -0.05) is 26.2 Å². The standard InChI is InChI=1S/C7H17N.C2H4/c1-3-4-5-6-7(2)8;1-2/h7H,3-6,8H2,1-2H3;1-2H2. The molecule has 0 aromatic rings. The van der Waals surface area contributed by atoms with Crippen LogP contribution < -0.4 is 5.73 Å². The Balaban J connectivity index is 0. The molecular weight excluding hydrogens is 122 g/mol. The SMILES string of the molecule is C=C.CCCCCC(C)N. The molecule has 0 aromatic heterocycles. The van der Waals surface area contributed by atoms with Crippen LogP contribution >= 0.6 is 0 Å². The fraction of sp³-hybridized carbons (Fsp3) is 0.778. The van der Waals surface area contributed by atoms with Crippen LogP contribution in [-0.4, -0.2) is 6.04 Å². The normalized spacial score (nSPS) is 11.5. The van der Waals surface area contributed by atoms with Crippen LogP contribution in [0.4, 0.5) is 0 Å². The Labute approximate surface area is 65.3 Å². The molecule has 1 nitrogen and oxygen atoms in total. The average molecular weight is 143 g/mol. The first-order valence-corrected chi connectivity index (χ1v) is 4.03. The van der Waals surface area contributed by atoms with Gasteiger partial charge in [-0.25, -0.2) is 0 Å². The molecule has 0 spiro atoms. The van der Waals surface area contributed by atoms with E-state index in [-0.39, 0.29) is 0 Å². The Morgan fingerprint density at radius 2 is 1.80 bits per heavy atom. The molecule has 1 unspecified atom stereocenters. The van der Waals surface area contributed by atoms with Crippen molar-refractivity contribution < 1.29 is 0 Å². The second-order valence-corrected chi connectivity index (χ2v) is 2.47. The maximum absolute atomic E-state index is 5.53. The molecule has 0 aromatic carbocycles. The van der Waals surface area contributed by atoms with Crippen molar-refractivity contribution in [1.82, 2.24) is 0 Å². The molecule has 0 heterocycles. The van der Waals surface area contributed by atoms with Crippen molar-refractivity contribution in [3.05, 3.63) is 13.2 Å². The van der Waals surface area contributed by atoms with Crippen LogP contribution in [0.5, 0.6) is 0 Å². The van der Waals surface area contributed by atoms with Crippen LogP contribution in [0.1, 0.15) is 39.5 Å². The van der Waals surface area contributed by atoms with Crippen LogP contribution in [0.15, 0.2) is 13.2 Å². The zero-order chi connectivity index (χ0) is 8.41. The molecule has 1 atom stereocenters. The fourth-order valence-electron chi connectivity index (χ4n) is 0.716. The predicted octanol–water partition coefficient (Wildman–Crippen LogP) is 2.72. The van der Waals surface area contributed by atoms with Crippen molar-refractivity contribution in [2.24, 2.45) is 5.73 Å². The van der Waals surface area contributed by atoms with Gasteiger partial charge in [0.2, 0.25) is 0 Å². The molecule has 0 fully saturated rings. The van der Waals surface area contributed by atoms with Gasteiger partial charge >= 0.3 is 0 Å². The van der Waals surface area contributed by atoms with Gasteiger partial charge in [-0.05, 0) is 13.3 Å². The molecular formula is C9H21N. The van der Waals surface area contributed by atoms with E-state index < -0.39 is 0 Å². The van der Waals surface area contributed by atoms with E-state index in [1.807, 2.05) is 0 Å². The number of unbranched alkanes of at least 4 members (excludes halogenated alkanes) is 2.